The summed E-state index contributed by atoms with van der Waals surface area (Å²) in [6.07, 6.45) is 1.06. The van der Waals surface area contributed by atoms with Crippen molar-refractivity contribution < 1.29 is 4.74 Å². The zero-order valence-electron chi connectivity index (χ0n) is 12.6. The van der Waals surface area contributed by atoms with Gasteiger partial charge in [0.25, 0.3) is 0 Å². The van der Waals surface area contributed by atoms with Crippen molar-refractivity contribution in [2.75, 3.05) is 13.6 Å². The van der Waals surface area contributed by atoms with Crippen LogP contribution in [0.1, 0.15) is 22.3 Å². The van der Waals surface area contributed by atoms with Crippen LogP contribution in [0, 0.1) is 13.8 Å². The number of rotatable bonds is 6. The second-order valence-corrected chi connectivity index (χ2v) is 5.23. The molecule has 2 heteroatoms. The molecule has 0 saturated carbocycles. The Kier molecular flexibility index (Phi) is 5.19. The summed E-state index contributed by atoms with van der Waals surface area (Å²) in [6.45, 7) is 5.80. The fourth-order valence-corrected chi connectivity index (χ4v) is 2.10. The highest BCUT2D eigenvalue weighted by Gasteiger charge is 2.01. The summed E-state index contributed by atoms with van der Waals surface area (Å²) in [5, 5.41) is 3.16. The van der Waals surface area contributed by atoms with Gasteiger partial charge in [0.1, 0.15) is 12.4 Å². The van der Waals surface area contributed by atoms with Gasteiger partial charge in [0.05, 0.1) is 0 Å². The molecule has 0 aliphatic carbocycles. The highest BCUT2D eigenvalue weighted by atomic mass is 16.5. The molecule has 0 aliphatic rings. The third kappa shape index (κ3) is 4.10. The normalized spacial score (nSPS) is 10.6. The summed E-state index contributed by atoms with van der Waals surface area (Å²) in [6, 6.07) is 15.0. The monoisotopic (exact) mass is 269 g/mol. The van der Waals surface area contributed by atoms with Gasteiger partial charge in [-0.05, 0) is 62.2 Å². The van der Waals surface area contributed by atoms with Crippen molar-refractivity contribution in [1.29, 1.82) is 0 Å². The minimum absolute atomic E-state index is 0.622. The van der Waals surface area contributed by atoms with Crippen molar-refractivity contribution >= 4 is 0 Å². The van der Waals surface area contributed by atoms with E-state index in [9.17, 15) is 0 Å². The lowest BCUT2D eigenvalue weighted by Crippen LogP contribution is -2.10. The van der Waals surface area contributed by atoms with Crippen LogP contribution in [0.5, 0.6) is 5.75 Å². The van der Waals surface area contributed by atoms with Crippen LogP contribution in [-0.2, 0) is 13.0 Å². The largest absolute Gasteiger partial charge is 0.489 e. The van der Waals surface area contributed by atoms with E-state index in [-0.39, 0.29) is 0 Å². The second-order valence-electron chi connectivity index (χ2n) is 5.23. The van der Waals surface area contributed by atoms with Gasteiger partial charge in [-0.25, -0.2) is 0 Å². The van der Waals surface area contributed by atoms with Gasteiger partial charge in [0.2, 0.25) is 0 Å². The Morgan fingerprint density at radius 3 is 2.35 bits per heavy atom. The molecule has 2 aromatic rings. The second kappa shape index (κ2) is 7.11. The number of benzene rings is 2. The molecule has 0 bridgehead atoms. The Hall–Kier alpha value is -1.80. The first-order chi connectivity index (χ1) is 9.69. The van der Waals surface area contributed by atoms with Gasteiger partial charge < -0.3 is 10.1 Å². The first kappa shape index (κ1) is 14.6. The summed E-state index contributed by atoms with van der Waals surface area (Å²) < 4.78 is 5.91. The molecule has 0 fully saturated rings. The molecular formula is C18H23NO. The van der Waals surface area contributed by atoms with Crippen molar-refractivity contribution in [2.45, 2.75) is 26.9 Å². The molecule has 0 aliphatic heterocycles. The van der Waals surface area contributed by atoms with E-state index in [4.69, 9.17) is 4.74 Å². The Morgan fingerprint density at radius 1 is 0.950 bits per heavy atom. The highest BCUT2D eigenvalue weighted by molar-refractivity contribution is 5.36. The molecule has 20 heavy (non-hydrogen) atoms. The molecule has 0 unspecified atom stereocenters. The standard InChI is InChI=1S/C18H23NO/c1-14-4-5-15(2)18(12-14)20-13-17-8-6-16(7-9-17)10-11-19-3/h4-9,12,19H,10-11,13H2,1-3H3. The smallest absolute Gasteiger partial charge is 0.122 e. The van der Waals surface area contributed by atoms with Gasteiger partial charge in [-0.3, -0.25) is 0 Å². The molecule has 0 radical (unpaired) electrons. The fraction of sp³-hybridized carbons (Fsp3) is 0.333. The third-order valence-corrected chi connectivity index (χ3v) is 3.42. The maximum Gasteiger partial charge on any atom is 0.122 e. The van der Waals surface area contributed by atoms with E-state index >= 15 is 0 Å². The molecule has 0 amide bonds. The number of likely N-dealkylation sites (N-methyl/N-ethyl adjacent to an activating group) is 1. The number of nitrogens with one attached hydrogen (secondary N) is 1. The van der Waals surface area contributed by atoms with Crippen LogP contribution in [0.2, 0.25) is 0 Å². The summed E-state index contributed by atoms with van der Waals surface area (Å²) >= 11 is 0. The molecule has 0 heterocycles. The van der Waals surface area contributed by atoms with Crippen LogP contribution in [0.25, 0.3) is 0 Å². The van der Waals surface area contributed by atoms with E-state index in [1.807, 2.05) is 7.05 Å². The minimum Gasteiger partial charge on any atom is -0.489 e. The van der Waals surface area contributed by atoms with Gasteiger partial charge >= 0.3 is 0 Å². The Morgan fingerprint density at radius 2 is 1.65 bits per heavy atom. The molecule has 0 aromatic heterocycles. The zero-order chi connectivity index (χ0) is 14.4. The van der Waals surface area contributed by atoms with Crippen LogP contribution in [0.4, 0.5) is 0 Å². The molecule has 2 rings (SSSR count). The topological polar surface area (TPSA) is 21.3 Å². The van der Waals surface area contributed by atoms with E-state index in [2.05, 4.69) is 61.6 Å². The number of aryl methyl sites for hydroxylation is 2. The first-order valence-corrected chi connectivity index (χ1v) is 7.11. The van der Waals surface area contributed by atoms with Crippen LogP contribution in [0.3, 0.4) is 0 Å². The van der Waals surface area contributed by atoms with E-state index in [0.717, 1.165) is 18.7 Å². The minimum atomic E-state index is 0.622. The van der Waals surface area contributed by atoms with Crippen molar-refractivity contribution in [3.05, 3.63) is 64.7 Å². The number of hydrogen-bond acceptors (Lipinski definition) is 2. The maximum atomic E-state index is 5.91. The Bertz CT molecular complexity index is 546. The third-order valence-electron chi connectivity index (χ3n) is 3.42. The van der Waals surface area contributed by atoms with E-state index in [1.54, 1.807) is 0 Å². The lowest BCUT2D eigenvalue weighted by Gasteiger charge is -2.10. The van der Waals surface area contributed by atoms with E-state index in [1.165, 1.54) is 22.3 Å². The summed E-state index contributed by atoms with van der Waals surface area (Å²) in [5.41, 5.74) is 4.98. The van der Waals surface area contributed by atoms with Gasteiger partial charge in [-0.2, -0.15) is 0 Å². The van der Waals surface area contributed by atoms with Crippen LogP contribution in [-0.4, -0.2) is 13.6 Å². The molecule has 0 atom stereocenters. The Labute approximate surface area is 121 Å². The summed E-state index contributed by atoms with van der Waals surface area (Å²) in [7, 11) is 1.98. The lowest BCUT2D eigenvalue weighted by molar-refractivity contribution is 0.304. The van der Waals surface area contributed by atoms with Crippen LogP contribution < -0.4 is 10.1 Å². The number of ether oxygens (including phenoxy) is 1. The van der Waals surface area contributed by atoms with Crippen molar-refractivity contribution in [2.24, 2.45) is 0 Å². The average molecular weight is 269 g/mol. The molecule has 2 nitrogen and oxygen atoms in total. The SMILES string of the molecule is CNCCc1ccc(COc2cc(C)ccc2C)cc1. The summed E-state index contributed by atoms with van der Waals surface area (Å²) in [4.78, 5) is 0. The zero-order valence-corrected chi connectivity index (χ0v) is 12.6. The van der Waals surface area contributed by atoms with Gasteiger partial charge in [-0.15, -0.1) is 0 Å². The molecule has 2 aromatic carbocycles. The number of hydrogen-bond donors (Lipinski definition) is 1. The quantitative estimate of drug-likeness (QED) is 0.864. The molecule has 106 valence electrons. The van der Waals surface area contributed by atoms with E-state index in [0.29, 0.717) is 6.61 Å². The van der Waals surface area contributed by atoms with Crippen molar-refractivity contribution in [1.82, 2.24) is 5.32 Å². The first-order valence-electron chi connectivity index (χ1n) is 7.11. The van der Waals surface area contributed by atoms with Gasteiger partial charge in [-0.1, -0.05) is 36.4 Å². The molecular weight excluding hydrogens is 246 g/mol. The van der Waals surface area contributed by atoms with Gasteiger partial charge in [0.15, 0.2) is 0 Å². The van der Waals surface area contributed by atoms with Crippen molar-refractivity contribution in [3.63, 3.8) is 0 Å². The van der Waals surface area contributed by atoms with Crippen molar-refractivity contribution in [3.8, 4) is 5.75 Å². The molecule has 0 saturated heterocycles. The molecule has 1 N–H and O–H groups in total. The predicted octanol–water partition coefficient (Wildman–Crippen LogP) is 3.64. The molecule has 0 spiro atoms. The Balaban J connectivity index is 1.95. The summed E-state index contributed by atoms with van der Waals surface area (Å²) in [5.74, 6) is 0.976. The lowest BCUT2D eigenvalue weighted by atomic mass is 10.1. The fourth-order valence-electron chi connectivity index (χ4n) is 2.10. The highest BCUT2D eigenvalue weighted by Crippen LogP contribution is 2.20. The van der Waals surface area contributed by atoms with Crippen LogP contribution >= 0.6 is 0 Å². The average Bonchev–Trinajstić information content (AvgIpc) is 2.47. The predicted molar refractivity (Wildman–Crippen MR) is 84.3 cm³/mol. The van der Waals surface area contributed by atoms with E-state index < -0.39 is 0 Å². The maximum absolute atomic E-state index is 5.91. The van der Waals surface area contributed by atoms with Crippen LogP contribution in [0.15, 0.2) is 42.5 Å². The van der Waals surface area contributed by atoms with Gasteiger partial charge in [0, 0.05) is 0 Å².